The van der Waals surface area contributed by atoms with E-state index in [0.29, 0.717) is 22.8 Å². The van der Waals surface area contributed by atoms with Crippen LogP contribution in [-0.2, 0) is 0 Å². The molecule has 0 atom stereocenters. The summed E-state index contributed by atoms with van der Waals surface area (Å²) in [4.78, 5) is 11.8. The molecule has 1 heterocycles. The molecule has 0 bridgehead atoms. The Hall–Kier alpha value is -3.03. The van der Waals surface area contributed by atoms with E-state index in [1.807, 2.05) is 6.92 Å². The Morgan fingerprint density at radius 2 is 1.83 bits per heavy atom. The molecule has 0 fully saturated rings. The number of benzene rings is 1. The van der Waals surface area contributed by atoms with Crippen molar-refractivity contribution in [2.24, 2.45) is 5.10 Å². The molecule has 0 radical (unpaired) electrons. The molecule has 122 valence electrons. The smallest absolute Gasteiger partial charge is 0.291 e. The van der Waals surface area contributed by atoms with E-state index in [1.54, 1.807) is 18.2 Å². The van der Waals surface area contributed by atoms with E-state index in [9.17, 15) is 4.79 Å². The van der Waals surface area contributed by atoms with Crippen LogP contribution >= 0.6 is 0 Å². The average Bonchev–Trinajstić information content (AvgIpc) is 3.00. The third-order valence-corrected chi connectivity index (χ3v) is 3.01. The lowest BCUT2D eigenvalue weighted by Crippen LogP contribution is -2.18. The van der Waals surface area contributed by atoms with Crippen molar-refractivity contribution < 1.29 is 19.0 Å². The molecule has 8 heteroatoms. The van der Waals surface area contributed by atoms with Crippen molar-refractivity contribution in [3.05, 3.63) is 35.2 Å². The van der Waals surface area contributed by atoms with Gasteiger partial charge in [-0.2, -0.15) is 10.2 Å². The maximum atomic E-state index is 11.8. The highest BCUT2D eigenvalue weighted by Gasteiger charge is 2.12. The number of nitrogens with zero attached hydrogens (tertiary/aromatic N) is 2. The molecule has 23 heavy (non-hydrogen) atoms. The van der Waals surface area contributed by atoms with Gasteiger partial charge in [-0.15, -0.1) is 0 Å². The van der Waals surface area contributed by atoms with Crippen molar-refractivity contribution >= 4 is 12.1 Å². The van der Waals surface area contributed by atoms with E-state index in [2.05, 4.69) is 20.7 Å². The van der Waals surface area contributed by atoms with Crippen LogP contribution in [0.1, 0.15) is 21.7 Å². The van der Waals surface area contributed by atoms with Gasteiger partial charge in [-0.3, -0.25) is 9.89 Å². The van der Waals surface area contributed by atoms with Crippen LogP contribution in [0.4, 0.5) is 0 Å². The minimum atomic E-state index is -0.405. The largest absolute Gasteiger partial charge is 0.493 e. The number of aryl methyl sites for hydroxylation is 1. The molecular formula is C15H18N4O4. The lowest BCUT2D eigenvalue weighted by molar-refractivity contribution is 0.0950. The molecule has 0 saturated carbocycles. The fourth-order valence-corrected chi connectivity index (χ4v) is 1.93. The maximum absolute atomic E-state index is 11.8. The second-order valence-electron chi connectivity index (χ2n) is 4.59. The number of methoxy groups -OCH3 is 3. The van der Waals surface area contributed by atoms with Crippen LogP contribution in [0.2, 0.25) is 0 Å². The lowest BCUT2D eigenvalue weighted by Gasteiger charge is -2.12. The molecule has 0 aliphatic carbocycles. The third-order valence-electron chi connectivity index (χ3n) is 3.01. The number of rotatable bonds is 6. The number of hydrogen-bond acceptors (Lipinski definition) is 6. The van der Waals surface area contributed by atoms with Gasteiger partial charge < -0.3 is 14.2 Å². The van der Waals surface area contributed by atoms with Crippen molar-refractivity contribution in [3.63, 3.8) is 0 Å². The lowest BCUT2D eigenvalue weighted by atomic mass is 10.2. The van der Waals surface area contributed by atoms with E-state index in [4.69, 9.17) is 14.2 Å². The second-order valence-corrected chi connectivity index (χ2v) is 4.59. The molecule has 0 spiro atoms. The number of amides is 1. The Kier molecular flexibility index (Phi) is 5.19. The molecule has 1 aromatic carbocycles. The summed E-state index contributed by atoms with van der Waals surface area (Å²) < 4.78 is 15.7. The van der Waals surface area contributed by atoms with Crippen molar-refractivity contribution in [3.8, 4) is 17.2 Å². The van der Waals surface area contributed by atoms with E-state index in [0.717, 1.165) is 5.69 Å². The first kappa shape index (κ1) is 16.3. The molecule has 0 aliphatic rings. The van der Waals surface area contributed by atoms with E-state index in [1.165, 1.54) is 27.5 Å². The van der Waals surface area contributed by atoms with Gasteiger partial charge in [0.15, 0.2) is 17.2 Å². The first-order chi connectivity index (χ1) is 11.1. The van der Waals surface area contributed by atoms with Crippen LogP contribution in [0.15, 0.2) is 23.3 Å². The summed E-state index contributed by atoms with van der Waals surface area (Å²) in [5.41, 5.74) is 4.14. The highest BCUT2D eigenvalue weighted by Crippen LogP contribution is 2.37. The minimum absolute atomic E-state index is 0.268. The second kappa shape index (κ2) is 7.30. The summed E-state index contributed by atoms with van der Waals surface area (Å²) in [6.07, 6.45) is 1.47. The summed E-state index contributed by atoms with van der Waals surface area (Å²) >= 11 is 0. The first-order valence-electron chi connectivity index (χ1n) is 6.74. The molecule has 0 saturated heterocycles. The zero-order valence-electron chi connectivity index (χ0n) is 13.3. The van der Waals surface area contributed by atoms with Crippen LogP contribution in [0.25, 0.3) is 0 Å². The Bertz CT molecular complexity index is 699. The van der Waals surface area contributed by atoms with Gasteiger partial charge in [0.25, 0.3) is 5.91 Å². The molecule has 1 amide bonds. The fourth-order valence-electron chi connectivity index (χ4n) is 1.93. The van der Waals surface area contributed by atoms with E-state index < -0.39 is 5.91 Å². The van der Waals surface area contributed by atoms with Gasteiger partial charge in [0.1, 0.15) is 0 Å². The van der Waals surface area contributed by atoms with Crippen LogP contribution in [-0.4, -0.2) is 43.6 Å². The molecule has 0 aliphatic heterocycles. The number of hydrogen-bond donors (Lipinski definition) is 2. The Morgan fingerprint density at radius 1 is 1.17 bits per heavy atom. The molecule has 2 N–H and O–H groups in total. The van der Waals surface area contributed by atoms with Gasteiger partial charge >= 0.3 is 0 Å². The monoisotopic (exact) mass is 318 g/mol. The predicted molar refractivity (Wildman–Crippen MR) is 84.5 cm³/mol. The molecule has 2 aromatic rings. The zero-order chi connectivity index (χ0) is 16.8. The average molecular weight is 318 g/mol. The van der Waals surface area contributed by atoms with Crippen molar-refractivity contribution in [2.75, 3.05) is 21.3 Å². The zero-order valence-corrected chi connectivity index (χ0v) is 13.3. The molecule has 2 rings (SSSR count). The van der Waals surface area contributed by atoms with Gasteiger partial charge in [0.05, 0.1) is 27.5 Å². The Balaban J connectivity index is 2.14. The predicted octanol–water partition coefficient (Wildman–Crippen LogP) is 1.51. The SMILES string of the molecule is COc1cc(/C=N/NC(=O)c2cc(C)[nH]n2)cc(OC)c1OC. The summed E-state index contributed by atoms with van der Waals surface area (Å²) in [6.45, 7) is 1.81. The van der Waals surface area contributed by atoms with E-state index >= 15 is 0 Å². The van der Waals surface area contributed by atoms with Gasteiger partial charge in [-0.1, -0.05) is 0 Å². The van der Waals surface area contributed by atoms with Gasteiger partial charge in [0, 0.05) is 11.3 Å². The molecule has 1 aromatic heterocycles. The van der Waals surface area contributed by atoms with Gasteiger partial charge in [-0.25, -0.2) is 5.43 Å². The molecular weight excluding hydrogens is 300 g/mol. The fraction of sp³-hybridized carbons (Fsp3) is 0.267. The van der Waals surface area contributed by atoms with Gasteiger partial charge in [0.2, 0.25) is 5.75 Å². The number of nitrogens with one attached hydrogen (secondary N) is 2. The molecule has 8 nitrogen and oxygen atoms in total. The number of carbonyl (C=O) groups is 1. The first-order valence-corrected chi connectivity index (χ1v) is 6.74. The Morgan fingerprint density at radius 3 is 2.30 bits per heavy atom. The highest BCUT2D eigenvalue weighted by atomic mass is 16.5. The summed E-state index contributed by atoms with van der Waals surface area (Å²) in [6, 6.07) is 5.07. The highest BCUT2D eigenvalue weighted by molar-refractivity contribution is 5.93. The number of carbonyl (C=O) groups excluding carboxylic acids is 1. The topological polar surface area (TPSA) is 97.8 Å². The summed E-state index contributed by atoms with van der Waals surface area (Å²) in [5, 5.41) is 10.4. The maximum Gasteiger partial charge on any atom is 0.291 e. The van der Waals surface area contributed by atoms with Gasteiger partial charge in [-0.05, 0) is 25.1 Å². The third kappa shape index (κ3) is 3.79. The van der Waals surface area contributed by atoms with Crippen LogP contribution in [0.3, 0.4) is 0 Å². The molecule has 0 unspecified atom stereocenters. The number of aromatic amines is 1. The van der Waals surface area contributed by atoms with E-state index in [-0.39, 0.29) is 5.69 Å². The number of aromatic nitrogens is 2. The van der Waals surface area contributed by atoms with Crippen LogP contribution < -0.4 is 19.6 Å². The number of H-pyrrole nitrogens is 1. The minimum Gasteiger partial charge on any atom is -0.493 e. The summed E-state index contributed by atoms with van der Waals surface area (Å²) in [7, 11) is 4.58. The quantitative estimate of drug-likeness (QED) is 0.621. The van der Waals surface area contributed by atoms with Crippen molar-refractivity contribution in [1.29, 1.82) is 0 Å². The Labute approximate surface area is 133 Å². The van der Waals surface area contributed by atoms with Crippen LogP contribution in [0.5, 0.6) is 17.2 Å². The number of hydrazone groups is 1. The number of ether oxygens (including phenoxy) is 3. The summed E-state index contributed by atoms with van der Waals surface area (Å²) in [5.74, 6) is 1.09. The normalized spacial score (nSPS) is 10.6. The standard InChI is InChI=1S/C15H18N4O4/c1-9-5-11(18-17-9)15(20)19-16-8-10-6-12(21-2)14(23-4)13(7-10)22-3/h5-8H,1-4H3,(H,17,18)(H,19,20)/b16-8+. The van der Waals surface area contributed by atoms with Crippen molar-refractivity contribution in [2.45, 2.75) is 6.92 Å². The van der Waals surface area contributed by atoms with Crippen LogP contribution in [0, 0.1) is 6.92 Å². The van der Waals surface area contributed by atoms with Crippen molar-refractivity contribution in [1.82, 2.24) is 15.6 Å².